The molecule has 1 saturated carbocycles. The van der Waals surface area contributed by atoms with Gasteiger partial charge in [-0.15, -0.1) is 0 Å². The van der Waals surface area contributed by atoms with Crippen molar-refractivity contribution in [1.82, 2.24) is 0 Å². The van der Waals surface area contributed by atoms with Gasteiger partial charge in [0.05, 0.1) is 10.3 Å². The van der Waals surface area contributed by atoms with E-state index in [9.17, 15) is 0 Å². The standard InChI is InChI=1S/C8H14IN/c1-2-7-4-3-5-8(7)10-6-9/h6-8H,2-5H2,1H3/t7-,8-/m0/s1. The van der Waals surface area contributed by atoms with Crippen molar-refractivity contribution in [1.29, 1.82) is 0 Å². The van der Waals surface area contributed by atoms with Crippen molar-refractivity contribution >= 4 is 26.8 Å². The molecular weight excluding hydrogens is 237 g/mol. The SMILES string of the molecule is CC[C@H]1CCC[C@@H]1N=CI. The fourth-order valence-electron chi connectivity index (χ4n) is 1.76. The molecule has 1 fully saturated rings. The highest BCUT2D eigenvalue weighted by molar-refractivity contribution is 14.1. The quantitative estimate of drug-likeness (QED) is 0.528. The average Bonchev–Trinajstić information content (AvgIpc) is 2.36. The first-order valence-electron chi connectivity index (χ1n) is 4.00. The lowest BCUT2D eigenvalue weighted by atomic mass is 10.0. The van der Waals surface area contributed by atoms with Gasteiger partial charge in [0.25, 0.3) is 0 Å². The molecule has 2 heteroatoms. The Morgan fingerprint density at radius 3 is 3.00 bits per heavy atom. The van der Waals surface area contributed by atoms with Crippen LogP contribution in [0.15, 0.2) is 4.99 Å². The molecule has 0 aromatic rings. The molecule has 0 N–H and O–H groups in total. The number of hydrogen-bond donors (Lipinski definition) is 0. The lowest BCUT2D eigenvalue weighted by Gasteiger charge is -2.11. The fourth-order valence-corrected chi connectivity index (χ4v) is 2.18. The summed E-state index contributed by atoms with van der Waals surface area (Å²) in [5.41, 5.74) is 0. The maximum absolute atomic E-state index is 4.44. The van der Waals surface area contributed by atoms with Gasteiger partial charge in [0.1, 0.15) is 0 Å². The summed E-state index contributed by atoms with van der Waals surface area (Å²) in [6, 6.07) is 0.655. The van der Waals surface area contributed by atoms with Crippen LogP contribution >= 0.6 is 22.6 Å². The van der Waals surface area contributed by atoms with Crippen molar-refractivity contribution in [2.45, 2.75) is 38.6 Å². The maximum atomic E-state index is 4.44. The van der Waals surface area contributed by atoms with E-state index in [0.29, 0.717) is 6.04 Å². The average molecular weight is 251 g/mol. The third-order valence-corrected chi connectivity index (χ3v) is 2.71. The molecule has 0 heterocycles. The minimum absolute atomic E-state index is 0.655. The van der Waals surface area contributed by atoms with E-state index in [-0.39, 0.29) is 0 Å². The Hall–Kier alpha value is 0.400. The molecule has 0 spiro atoms. The van der Waals surface area contributed by atoms with Gasteiger partial charge < -0.3 is 0 Å². The van der Waals surface area contributed by atoms with Crippen molar-refractivity contribution in [3.63, 3.8) is 0 Å². The van der Waals surface area contributed by atoms with E-state index in [1.54, 1.807) is 0 Å². The molecule has 0 aromatic carbocycles. The molecule has 0 radical (unpaired) electrons. The molecule has 0 saturated heterocycles. The fraction of sp³-hybridized carbons (Fsp3) is 0.875. The largest absolute Gasteiger partial charge is 0.283 e. The van der Waals surface area contributed by atoms with Crippen LogP contribution in [-0.2, 0) is 0 Å². The molecule has 1 aliphatic rings. The van der Waals surface area contributed by atoms with E-state index in [2.05, 4.69) is 34.5 Å². The molecule has 1 rings (SSSR count). The van der Waals surface area contributed by atoms with Gasteiger partial charge in [0.15, 0.2) is 0 Å². The maximum Gasteiger partial charge on any atom is 0.0599 e. The topological polar surface area (TPSA) is 12.4 Å². The molecule has 10 heavy (non-hydrogen) atoms. The summed E-state index contributed by atoms with van der Waals surface area (Å²) in [6.07, 6.45) is 5.41. The van der Waals surface area contributed by atoms with E-state index in [1.165, 1.54) is 25.7 Å². The van der Waals surface area contributed by atoms with Gasteiger partial charge in [0, 0.05) is 0 Å². The molecule has 1 nitrogen and oxygen atoms in total. The Bertz CT molecular complexity index is 122. The van der Waals surface area contributed by atoms with Crippen LogP contribution in [-0.4, -0.2) is 10.3 Å². The highest BCUT2D eigenvalue weighted by Gasteiger charge is 2.23. The molecule has 0 unspecified atom stereocenters. The number of rotatable bonds is 2. The van der Waals surface area contributed by atoms with Crippen molar-refractivity contribution < 1.29 is 0 Å². The highest BCUT2D eigenvalue weighted by atomic mass is 127. The smallest absolute Gasteiger partial charge is 0.0599 e. The number of halogens is 1. The van der Waals surface area contributed by atoms with Crippen molar-refractivity contribution in [3.8, 4) is 0 Å². The first kappa shape index (κ1) is 8.50. The first-order chi connectivity index (χ1) is 4.88. The highest BCUT2D eigenvalue weighted by Crippen LogP contribution is 2.30. The zero-order valence-electron chi connectivity index (χ0n) is 6.39. The van der Waals surface area contributed by atoms with Crippen molar-refractivity contribution in [2.75, 3.05) is 0 Å². The summed E-state index contributed by atoms with van der Waals surface area (Å²) < 4.78 is 1.93. The van der Waals surface area contributed by atoms with Crippen LogP contribution in [0.3, 0.4) is 0 Å². The van der Waals surface area contributed by atoms with Crippen LogP contribution in [0.1, 0.15) is 32.6 Å². The van der Waals surface area contributed by atoms with E-state index >= 15 is 0 Å². The van der Waals surface area contributed by atoms with Gasteiger partial charge in [-0.05, 0) is 41.4 Å². The summed E-state index contributed by atoms with van der Waals surface area (Å²) in [4.78, 5) is 4.44. The van der Waals surface area contributed by atoms with E-state index < -0.39 is 0 Å². The van der Waals surface area contributed by atoms with Gasteiger partial charge in [0.2, 0.25) is 0 Å². The molecule has 1 aliphatic carbocycles. The predicted molar refractivity (Wildman–Crippen MR) is 53.9 cm³/mol. The molecule has 2 atom stereocenters. The lowest BCUT2D eigenvalue weighted by Crippen LogP contribution is -2.09. The molecule has 0 bridgehead atoms. The van der Waals surface area contributed by atoms with Gasteiger partial charge in [-0.25, -0.2) is 0 Å². The third kappa shape index (κ3) is 1.94. The van der Waals surface area contributed by atoms with Crippen LogP contribution in [0, 0.1) is 5.92 Å². The summed E-state index contributed by atoms with van der Waals surface area (Å²) in [7, 11) is 0. The minimum atomic E-state index is 0.655. The molecule has 58 valence electrons. The molecule has 0 aliphatic heterocycles. The Balaban J connectivity index is 2.41. The zero-order valence-corrected chi connectivity index (χ0v) is 8.54. The van der Waals surface area contributed by atoms with Gasteiger partial charge >= 0.3 is 0 Å². The van der Waals surface area contributed by atoms with E-state index in [1.807, 2.05) is 4.22 Å². The minimum Gasteiger partial charge on any atom is -0.283 e. The van der Waals surface area contributed by atoms with Gasteiger partial charge in [-0.2, -0.15) is 0 Å². The van der Waals surface area contributed by atoms with Crippen LogP contribution in [0.25, 0.3) is 0 Å². The lowest BCUT2D eigenvalue weighted by molar-refractivity contribution is 0.470. The second-order valence-electron chi connectivity index (χ2n) is 2.91. The van der Waals surface area contributed by atoms with Crippen LogP contribution < -0.4 is 0 Å². The summed E-state index contributed by atoms with van der Waals surface area (Å²) in [5.74, 6) is 0.881. The Labute approximate surface area is 76.4 Å². The van der Waals surface area contributed by atoms with E-state index in [0.717, 1.165) is 5.92 Å². The third-order valence-electron chi connectivity index (χ3n) is 2.39. The number of aliphatic imine (C=N–C) groups is 1. The summed E-state index contributed by atoms with van der Waals surface area (Å²) in [6.45, 7) is 2.27. The van der Waals surface area contributed by atoms with Crippen molar-refractivity contribution in [2.24, 2.45) is 10.9 Å². The normalized spacial score (nSPS) is 33.8. The Morgan fingerprint density at radius 1 is 1.60 bits per heavy atom. The first-order valence-corrected chi connectivity index (χ1v) is 5.25. The zero-order chi connectivity index (χ0) is 7.40. The Morgan fingerprint density at radius 2 is 2.40 bits per heavy atom. The second-order valence-corrected chi connectivity index (χ2v) is 3.47. The van der Waals surface area contributed by atoms with Crippen LogP contribution in [0.4, 0.5) is 0 Å². The molecule has 0 aromatic heterocycles. The number of hydrogen-bond acceptors (Lipinski definition) is 1. The monoisotopic (exact) mass is 251 g/mol. The summed E-state index contributed by atoms with van der Waals surface area (Å²) >= 11 is 2.21. The Kier molecular flexibility index (Phi) is 3.66. The molecule has 0 amide bonds. The van der Waals surface area contributed by atoms with Crippen LogP contribution in [0.5, 0.6) is 0 Å². The van der Waals surface area contributed by atoms with Gasteiger partial charge in [-0.3, -0.25) is 4.99 Å². The van der Waals surface area contributed by atoms with Crippen molar-refractivity contribution in [3.05, 3.63) is 0 Å². The van der Waals surface area contributed by atoms with Crippen LogP contribution in [0.2, 0.25) is 0 Å². The predicted octanol–water partition coefficient (Wildman–Crippen LogP) is 3.03. The van der Waals surface area contributed by atoms with E-state index in [4.69, 9.17) is 0 Å². The molecular formula is C8H14IN. The van der Waals surface area contributed by atoms with Gasteiger partial charge in [-0.1, -0.05) is 19.8 Å². The summed E-state index contributed by atoms with van der Waals surface area (Å²) in [5, 5.41) is 0. The number of nitrogens with zero attached hydrogens (tertiary/aromatic N) is 1. The second kappa shape index (κ2) is 4.31.